The van der Waals surface area contributed by atoms with Gasteiger partial charge in [-0.1, -0.05) is 19.6 Å². The van der Waals surface area contributed by atoms with Crippen LogP contribution in [-0.4, -0.2) is 77.7 Å². The molecule has 2 aromatic rings. The topological polar surface area (TPSA) is 85.6 Å². The Balaban J connectivity index is 1.76. The molecule has 0 bridgehead atoms. The van der Waals surface area contributed by atoms with Gasteiger partial charge >= 0.3 is 6.09 Å². The number of hydrogen-bond donors (Lipinski definition) is 0. The zero-order valence-electron chi connectivity index (χ0n) is 18.6. The summed E-state index contributed by atoms with van der Waals surface area (Å²) in [4.78, 5) is 25.3. The highest BCUT2D eigenvalue weighted by atomic mass is 127. The number of piperazine rings is 1. The summed E-state index contributed by atoms with van der Waals surface area (Å²) >= 11 is 2.21. The van der Waals surface area contributed by atoms with Crippen molar-refractivity contribution in [3.63, 3.8) is 0 Å². The molecule has 2 aromatic heterocycles. The van der Waals surface area contributed by atoms with Crippen molar-refractivity contribution in [3.05, 3.63) is 9.90 Å². The van der Waals surface area contributed by atoms with Crippen LogP contribution in [-0.2, 0) is 16.2 Å². The summed E-state index contributed by atoms with van der Waals surface area (Å²) in [6.45, 7) is 13.4. The second-order valence-corrected chi connectivity index (χ2v) is 15.7. The van der Waals surface area contributed by atoms with Crippen LogP contribution >= 0.6 is 22.6 Å². The van der Waals surface area contributed by atoms with E-state index in [-0.39, 0.29) is 18.2 Å². The summed E-state index contributed by atoms with van der Waals surface area (Å²) < 4.78 is 13.4. The molecule has 11 heteroatoms. The first-order valence-electron chi connectivity index (χ1n) is 10.2. The minimum atomic E-state index is -1.12. The number of methoxy groups -OCH3 is 1. The normalized spacial score (nSPS) is 20.1. The summed E-state index contributed by atoms with van der Waals surface area (Å²) in [5.74, 6) is 0.657. The van der Waals surface area contributed by atoms with Gasteiger partial charge in [-0.15, -0.1) is 0 Å². The first kappa shape index (κ1) is 23.2. The summed E-state index contributed by atoms with van der Waals surface area (Å²) in [5.41, 5.74) is 1.69. The number of fused-ring (bicyclic) bond motifs is 1. The molecule has 9 nitrogen and oxygen atoms in total. The fourth-order valence-corrected chi connectivity index (χ4v) is 5.08. The number of amides is 1. The van der Waals surface area contributed by atoms with Crippen molar-refractivity contribution < 1.29 is 14.3 Å². The molecule has 166 valence electrons. The molecule has 0 spiro atoms. The van der Waals surface area contributed by atoms with Gasteiger partial charge in [-0.25, -0.2) is 19.4 Å². The van der Waals surface area contributed by atoms with Crippen LogP contribution in [0.3, 0.4) is 0 Å². The maximum atomic E-state index is 11.9. The molecule has 3 rings (SSSR count). The van der Waals surface area contributed by atoms with Crippen LogP contribution in [0.25, 0.3) is 11.0 Å². The zero-order valence-corrected chi connectivity index (χ0v) is 21.7. The van der Waals surface area contributed by atoms with Crippen LogP contribution in [0, 0.1) is 3.70 Å². The molecule has 30 heavy (non-hydrogen) atoms. The van der Waals surface area contributed by atoms with E-state index >= 15 is 0 Å². The highest BCUT2D eigenvalue weighted by Gasteiger charge is 2.34. The first-order valence-corrected chi connectivity index (χ1v) is 15.0. The summed E-state index contributed by atoms with van der Waals surface area (Å²) in [6, 6.07) is 1.27. The maximum absolute atomic E-state index is 11.9. The van der Waals surface area contributed by atoms with E-state index < -0.39 is 8.07 Å². The lowest BCUT2D eigenvalue weighted by molar-refractivity contribution is 0.0814. The molecule has 1 amide bonds. The molecular formula is C19H31IN6O3Si. The third kappa shape index (κ3) is 5.22. The number of carbonyl (C=O) groups is 1. The molecule has 0 aliphatic carbocycles. The Bertz CT molecular complexity index is 890. The summed E-state index contributed by atoms with van der Waals surface area (Å²) in [7, 11) is 0.295. The van der Waals surface area contributed by atoms with Crippen molar-refractivity contribution in [2.45, 2.75) is 58.3 Å². The largest absolute Gasteiger partial charge is 0.453 e. The molecule has 0 unspecified atom stereocenters. The molecule has 0 aromatic carbocycles. The van der Waals surface area contributed by atoms with Gasteiger partial charge in [-0.3, -0.25) is 0 Å². The molecule has 0 N–H and O–H groups in total. The van der Waals surface area contributed by atoms with Crippen LogP contribution in [0.5, 0.6) is 0 Å². The van der Waals surface area contributed by atoms with Gasteiger partial charge in [0.15, 0.2) is 0 Å². The second kappa shape index (κ2) is 9.35. The summed E-state index contributed by atoms with van der Waals surface area (Å²) in [5, 5.41) is 4.59. The maximum Gasteiger partial charge on any atom is 0.409 e. The van der Waals surface area contributed by atoms with E-state index in [1.807, 2.05) is 10.9 Å². The standard InChI is InChI=1S/C19H31IN6O3Si/c1-13-10-24(19(27)28-3)11-14(2)26(13)18-21-9-15-16(22-18)17(20)23-25(15)12-29-7-8-30(4,5)6/h9,13-14H,7-8,10-12H2,1-6H3/t13-,14+. The van der Waals surface area contributed by atoms with Gasteiger partial charge in [0, 0.05) is 39.9 Å². The monoisotopic (exact) mass is 546 g/mol. The van der Waals surface area contributed by atoms with E-state index in [2.05, 4.69) is 71.1 Å². The third-order valence-electron chi connectivity index (χ3n) is 5.23. The highest BCUT2D eigenvalue weighted by Crippen LogP contribution is 2.25. The zero-order chi connectivity index (χ0) is 22.1. The van der Waals surface area contributed by atoms with Gasteiger partial charge in [-0.2, -0.15) is 5.10 Å². The van der Waals surface area contributed by atoms with Crippen molar-refractivity contribution >= 4 is 53.7 Å². The first-order chi connectivity index (χ1) is 14.1. The Morgan fingerprint density at radius 3 is 2.53 bits per heavy atom. The molecule has 1 aliphatic heterocycles. The number of aromatic nitrogens is 4. The van der Waals surface area contributed by atoms with E-state index in [0.29, 0.717) is 25.8 Å². The van der Waals surface area contributed by atoms with Crippen molar-refractivity contribution in [3.8, 4) is 0 Å². The van der Waals surface area contributed by atoms with Crippen LogP contribution in [0.2, 0.25) is 25.7 Å². The SMILES string of the molecule is COC(=O)N1C[C@@H](C)N(c2ncc3c(n2)c(I)nn3COCC[Si](C)(C)C)[C@@H](C)C1. The molecule has 1 aliphatic rings. The molecule has 2 atom stereocenters. The fourth-order valence-electron chi connectivity index (χ4n) is 3.66. The van der Waals surface area contributed by atoms with Crippen molar-refractivity contribution in [1.29, 1.82) is 0 Å². The number of nitrogens with zero attached hydrogens (tertiary/aromatic N) is 6. The predicted molar refractivity (Wildman–Crippen MR) is 128 cm³/mol. The van der Waals surface area contributed by atoms with Crippen LogP contribution in [0.4, 0.5) is 10.7 Å². The van der Waals surface area contributed by atoms with Gasteiger partial charge in [0.25, 0.3) is 0 Å². The molecule has 3 heterocycles. The van der Waals surface area contributed by atoms with E-state index in [9.17, 15) is 4.79 Å². The molecule has 1 saturated heterocycles. The van der Waals surface area contributed by atoms with E-state index in [1.54, 1.807) is 4.90 Å². The van der Waals surface area contributed by atoms with Gasteiger partial charge in [0.1, 0.15) is 21.5 Å². The van der Waals surface area contributed by atoms with Crippen molar-refractivity contribution in [2.24, 2.45) is 0 Å². The molecule has 0 saturated carbocycles. The lowest BCUT2D eigenvalue weighted by atomic mass is 10.1. The predicted octanol–water partition coefficient (Wildman–Crippen LogP) is 3.41. The number of hydrogen-bond acceptors (Lipinski definition) is 7. The Morgan fingerprint density at radius 2 is 1.93 bits per heavy atom. The van der Waals surface area contributed by atoms with Crippen LogP contribution < -0.4 is 4.90 Å². The Hall–Kier alpha value is -1.47. The molecule has 0 radical (unpaired) electrons. The summed E-state index contributed by atoms with van der Waals surface area (Å²) in [6.07, 6.45) is 1.52. The Kier molecular flexibility index (Phi) is 7.23. The number of ether oxygens (including phenoxy) is 2. The van der Waals surface area contributed by atoms with Crippen LogP contribution in [0.1, 0.15) is 13.8 Å². The lowest BCUT2D eigenvalue weighted by Crippen LogP contribution is -2.58. The van der Waals surface area contributed by atoms with E-state index in [4.69, 9.17) is 14.5 Å². The lowest BCUT2D eigenvalue weighted by Gasteiger charge is -2.43. The minimum absolute atomic E-state index is 0.0721. The Morgan fingerprint density at radius 1 is 1.27 bits per heavy atom. The minimum Gasteiger partial charge on any atom is -0.453 e. The smallest absolute Gasteiger partial charge is 0.409 e. The fraction of sp³-hybridized carbons (Fsp3) is 0.684. The van der Waals surface area contributed by atoms with E-state index in [1.165, 1.54) is 7.11 Å². The second-order valence-electron chi connectivity index (χ2n) is 9.02. The average molecular weight is 546 g/mol. The quantitative estimate of drug-likeness (QED) is 0.312. The van der Waals surface area contributed by atoms with Crippen molar-refractivity contribution in [1.82, 2.24) is 24.6 Å². The van der Waals surface area contributed by atoms with E-state index in [0.717, 1.165) is 27.4 Å². The number of carbonyl (C=O) groups excluding carboxylic acids is 1. The highest BCUT2D eigenvalue weighted by molar-refractivity contribution is 14.1. The average Bonchev–Trinajstić information content (AvgIpc) is 2.98. The molecule has 1 fully saturated rings. The number of anilines is 1. The Labute approximate surface area is 192 Å². The van der Waals surface area contributed by atoms with Gasteiger partial charge in [0.05, 0.1) is 13.3 Å². The van der Waals surface area contributed by atoms with Gasteiger partial charge in [0.2, 0.25) is 5.95 Å². The number of halogens is 1. The van der Waals surface area contributed by atoms with Crippen LogP contribution in [0.15, 0.2) is 6.20 Å². The van der Waals surface area contributed by atoms with Gasteiger partial charge in [-0.05, 0) is 42.5 Å². The third-order valence-corrected chi connectivity index (χ3v) is 7.66. The molecular weight excluding hydrogens is 515 g/mol. The van der Waals surface area contributed by atoms with Gasteiger partial charge < -0.3 is 19.3 Å². The number of rotatable bonds is 6. The van der Waals surface area contributed by atoms with Crippen molar-refractivity contribution in [2.75, 3.05) is 31.7 Å².